The molecule has 15 heavy (non-hydrogen) atoms. The van der Waals surface area contributed by atoms with E-state index in [1.165, 1.54) is 45.3 Å². The van der Waals surface area contributed by atoms with E-state index < -0.39 is 0 Å². The van der Waals surface area contributed by atoms with Crippen molar-refractivity contribution in [3.8, 4) is 0 Å². The van der Waals surface area contributed by atoms with Crippen molar-refractivity contribution in [1.29, 1.82) is 0 Å². The fourth-order valence-electron chi connectivity index (χ4n) is 4.11. The summed E-state index contributed by atoms with van der Waals surface area (Å²) in [6, 6.07) is 0.883. The third-order valence-corrected chi connectivity index (χ3v) is 4.81. The Morgan fingerprint density at radius 3 is 2.67 bits per heavy atom. The highest BCUT2D eigenvalue weighted by Gasteiger charge is 2.40. The number of hydrogen-bond donors (Lipinski definition) is 2. The van der Waals surface area contributed by atoms with Crippen molar-refractivity contribution >= 4 is 0 Å². The zero-order chi connectivity index (χ0) is 10.3. The Balaban J connectivity index is 1.52. The molecule has 0 aromatic rings. The Morgan fingerprint density at radius 1 is 1.07 bits per heavy atom. The van der Waals surface area contributed by atoms with Gasteiger partial charge in [0.2, 0.25) is 0 Å². The fourth-order valence-corrected chi connectivity index (χ4v) is 4.11. The smallest absolute Gasteiger partial charge is 0.00731 e. The SMILES string of the molecule is CC1CNCC(CC2CC3CC2CN3)C1. The molecule has 2 nitrogen and oxygen atoms in total. The van der Waals surface area contributed by atoms with Gasteiger partial charge < -0.3 is 10.6 Å². The molecule has 0 amide bonds. The van der Waals surface area contributed by atoms with Gasteiger partial charge in [0.15, 0.2) is 0 Å². The first-order chi connectivity index (χ1) is 7.31. The molecule has 3 aliphatic rings. The summed E-state index contributed by atoms with van der Waals surface area (Å²) in [5.41, 5.74) is 0. The van der Waals surface area contributed by atoms with Crippen LogP contribution in [0.1, 0.15) is 32.6 Å². The number of piperidine rings is 2. The largest absolute Gasteiger partial charge is 0.316 e. The molecule has 2 saturated heterocycles. The van der Waals surface area contributed by atoms with Gasteiger partial charge in [-0.15, -0.1) is 0 Å². The van der Waals surface area contributed by atoms with Crippen molar-refractivity contribution in [1.82, 2.24) is 10.6 Å². The van der Waals surface area contributed by atoms with Gasteiger partial charge >= 0.3 is 0 Å². The van der Waals surface area contributed by atoms with Crippen LogP contribution < -0.4 is 10.6 Å². The molecule has 5 unspecified atom stereocenters. The quantitative estimate of drug-likeness (QED) is 0.720. The van der Waals surface area contributed by atoms with Crippen LogP contribution in [0.5, 0.6) is 0 Å². The summed E-state index contributed by atoms with van der Waals surface area (Å²) in [6.45, 7) is 6.23. The Morgan fingerprint density at radius 2 is 2.00 bits per heavy atom. The maximum absolute atomic E-state index is 3.62. The van der Waals surface area contributed by atoms with Gasteiger partial charge in [0.1, 0.15) is 0 Å². The number of nitrogens with one attached hydrogen (secondary N) is 2. The molecule has 2 heteroatoms. The van der Waals surface area contributed by atoms with E-state index in [1.807, 2.05) is 0 Å². The predicted molar refractivity (Wildman–Crippen MR) is 62.8 cm³/mol. The zero-order valence-electron chi connectivity index (χ0n) is 9.84. The van der Waals surface area contributed by atoms with Gasteiger partial charge in [-0.05, 0) is 69.0 Å². The highest BCUT2D eigenvalue weighted by Crippen LogP contribution is 2.41. The number of rotatable bonds is 2. The highest BCUT2D eigenvalue weighted by atomic mass is 15.0. The molecule has 0 aromatic carbocycles. The van der Waals surface area contributed by atoms with E-state index >= 15 is 0 Å². The van der Waals surface area contributed by atoms with Crippen LogP contribution in [0.4, 0.5) is 0 Å². The lowest BCUT2D eigenvalue weighted by Crippen LogP contribution is -2.37. The Bertz CT molecular complexity index is 229. The molecule has 2 bridgehead atoms. The summed E-state index contributed by atoms with van der Waals surface area (Å²) in [6.07, 6.45) is 5.91. The molecule has 0 spiro atoms. The third kappa shape index (κ3) is 2.07. The first-order valence-electron chi connectivity index (χ1n) is 6.75. The van der Waals surface area contributed by atoms with E-state index in [0.717, 1.165) is 29.7 Å². The topological polar surface area (TPSA) is 24.1 Å². The van der Waals surface area contributed by atoms with Gasteiger partial charge in [-0.2, -0.15) is 0 Å². The molecule has 1 saturated carbocycles. The minimum atomic E-state index is 0.883. The van der Waals surface area contributed by atoms with Crippen LogP contribution in [0.15, 0.2) is 0 Å². The molecule has 5 atom stereocenters. The number of fused-ring (bicyclic) bond motifs is 2. The summed E-state index contributed by atoms with van der Waals surface area (Å²) in [4.78, 5) is 0. The first-order valence-corrected chi connectivity index (χ1v) is 6.75. The summed E-state index contributed by atoms with van der Waals surface area (Å²) in [5, 5.41) is 7.20. The highest BCUT2D eigenvalue weighted by molar-refractivity contribution is 4.96. The number of hydrogen-bond acceptors (Lipinski definition) is 2. The molecule has 2 heterocycles. The van der Waals surface area contributed by atoms with Gasteiger partial charge in [0.25, 0.3) is 0 Å². The van der Waals surface area contributed by atoms with E-state index in [0.29, 0.717) is 0 Å². The van der Waals surface area contributed by atoms with Crippen LogP contribution >= 0.6 is 0 Å². The average Bonchev–Trinajstić information content (AvgIpc) is 2.79. The monoisotopic (exact) mass is 208 g/mol. The van der Waals surface area contributed by atoms with Gasteiger partial charge in [0.05, 0.1) is 0 Å². The van der Waals surface area contributed by atoms with Crippen LogP contribution in [0, 0.1) is 23.7 Å². The van der Waals surface area contributed by atoms with Crippen molar-refractivity contribution in [2.75, 3.05) is 19.6 Å². The average molecular weight is 208 g/mol. The lowest BCUT2D eigenvalue weighted by atomic mass is 9.81. The van der Waals surface area contributed by atoms with Crippen LogP contribution in [0.2, 0.25) is 0 Å². The van der Waals surface area contributed by atoms with Gasteiger partial charge in [-0.25, -0.2) is 0 Å². The van der Waals surface area contributed by atoms with Crippen molar-refractivity contribution in [3.05, 3.63) is 0 Å². The van der Waals surface area contributed by atoms with Crippen LogP contribution in [0.3, 0.4) is 0 Å². The summed E-state index contributed by atoms with van der Waals surface area (Å²) in [7, 11) is 0. The molecular formula is C13H24N2. The van der Waals surface area contributed by atoms with Gasteiger partial charge in [-0.3, -0.25) is 0 Å². The van der Waals surface area contributed by atoms with Crippen LogP contribution in [-0.4, -0.2) is 25.7 Å². The normalized spacial score (nSPS) is 49.8. The van der Waals surface area contributed by atoms with E-state index in [1.54, 1.807) is 0 Å². The molecule has 0 aromatic heterocycles. The Kier molecular flexibility index (Phi) is 2.73. The standard InChI is InChI=1S/C13H24N2/c1-9-2-10(7-14-6-9)3-11-4-13-5-12(11)8-15-13/h9-15H,2-8H2,1H3. The van der Waals surface area contributed by atoms with Crippen LogP contribution in [-0.2, 0) is 0 Å². The van der Waals surface area contributed by atoms with Crippen molar-refractivity contribution in [2.24, 2.45) is 23.7 Å². The van der Waals surface area contributed by atoms with Gasteiger partial charge in [0, 0.05) is 6.04 Å². The zero-order valence-corrected chi connectivity index (χ0v) is 9.84. The van der Waals surface area contributed by atoms with E-state index in [4.69, 9.17) is 0 Å². The molecule has 3 rings (SSSR count). The summed E-state index contributed by atoms with van der Waals surface area (Å²) >= 11 is 0. The Labute approximate surface area is 93.2 Å². The van der Waals surface area contributed by atoms with Crippen molar-refractivity contribution < 1.29 is 0 Å². The van der Waals surface area contributed by atoms with E-state index in [9.17, 15) is 0 Å². The molecular weight excluding hydrogens is 184 g/mol. The Hall–Kier alpha value is -0.0800. The van der Waals surface area contributed by atoms with Crippen molar-refractivity contribution in [3.63, 3.8) is 0 Å². The lowest BCUT2D eigenvalue weighted by Gasteiger charge is -2.32. The second kappa shape index (κ2) is 4.06. The predicted octanol–water partition coefficient (Wildman–Crippen LogP) is 1.62. The molecule has 2 aliphatic heterocycles. The molecule has 1 aliphatic carbocycles. The maximum atomic E-state index is 3.62. The van der Waals surface area contributed by atoms with E-state index in [-0.39, 0.29) is 0 Å². The third-order valence-electron chi connectivity index (χ3n) is 4.81. The minimum absolute atomic E-state index is 0.883. The molecule has 86 valence electrons. The van der Waals surface area contributed by atoms with Crippen molar-refractivity contribution in [2.45, 2.75) is 38.6 Å². The molecule has 3 fully saturated rings. The van der Waals surface area contributed by atoms with Gasteiger partial charge in [-0.1, -0.05) is 6.92 Å². The molecule has 0 radical (unpaired) electrons. The second-order valence-corrected chi connectivity index (χ2v) is 6.20. The fraction of sp³-hybridized carbons (Fsp3) is 1.00. The summed E-state index contributed by atoms with van der Waals surface area (Å²) in [5.74, 6) is 3.94. The second-order valence-electron chi connectivity index (χ2n) is 6.20. The molecule has 2 N–H and O–H groups in total. The van der Waals surface area contributed by atoms with Crippen LogP contribution in [0.25, 0.3) is 0 Å². The summed E-state index contributed by atoms with van der Waals surface area (Å²) < 4.78 is 0. The first kappa shape index (κ1) is 10.1. The lowest BCUT2D eigenvalue weighted by molar-refractivity contribution is 0.220. The maximum Gasteiger partial charge on any atom is 0.00731 e. The minimum Gasteiger partial charge on any atom is -0.316 e. The van der Waals surface area contributed by atoms with E-state index in [2.05, 4.69) is 17.6 Å².